The number of carbonyl (C=O) groups excluding carboxylic acids is 1. The molecule has 1 fully saturated rings. The van der Waals surface area contributed by atoms with Crippen LogP contribution in [0.3, 0.4) is 0 Å². The van der Waals surface area contributed by atoms with Gasteiger partial charge in [-0.05, 0) is 61.1 Å². The zero-order valence-corrected chi connectivity index (χ0v) is 17.9. The largest absolute Gasteiger partial charge is 0.357 e. The second-order valence-electron chi connectivity index (χ2n) is 7.68. The van der Waals surface area contributed by atoms with Gasteiger partial charge in [-0.25, -0.2) is 9.38 Å². The Morgan fingerprint density at radius 2 is 2.00 bits per heavy atom. The third-order valence-electron chi connectivity index (χ3n) is 5.29. The van der Waals surface area contributed by atoms with E-state index in [9.17, 15) is 9.18 Å². The van der Waals surface area contributed by atoms with Crippen molar-refractivity contribution in [3.8, 4) is 0 Å². The van der Waals surface area contributed by atoms with E-state index in [2.05, 4.69) is 28.8 Å². The average Bonchev–Trinajstić information content (AvgIpc) is 3.12. The van der Waals surface area contributed by atoms with E-state index in [1.165, 1.54) is 6.07 Å². The predicted molar refractivity (Wildman–Crippen MR) is 119 cm³/mol. The van der Waals surface area contributed by atoms with Crippen LogP contribution in [0.15, 0.2) is 47.5 Å². The minimum atomic E-state index is -0.199. The first kappa shape index (κ1) is 21.8. The van der Waals surface area contributed by atoms with Gasteiger partial charge < -0.3 is 15.5 Å². The highest BCUT2D eigenvalue weighted by Gasteiger charge is 2.19. The number of benzene rings is 2. The summed E-state index contributed by atoms with van der Waals surface area (Å²) in [4.78, 5) is 18.5. The van der Waals surface area contributed by atoms with E-state index < -0.39 is 0 Å². The summed E-state index contributed by atoms with van der Waals surface area (Å²) in [7, 11) is 0. The molecule has 5 nitrogen and oxygen atoms in total. The molecule has 0 unspecified atom stereocenters. The molecule has 1 aliphatic heterocycles. The van der Waals surface area contributed by atoms with E-state index in [0.717, 1.165) is 60.7 Å². The van der Waals surface area contributed by atoms with Gasteiger partial charge in [0.15, 0.2) is 5.96 Å². The van der Waals surface area contributed by atoms with Crippen molar-refractivity contribution < 1.29 is 9.18 Å². The van der Waals surface area contributed by atoms with Gasteiger partial charge in [0.05, 0.1) is 6.54 Å². The molecule has 0 saturated carbocycles. The Bertz CT molecular complexity index is 897. The molecule has 0 radical (unpaired) electrons. The van der Waals surface area contributed by atoms with Crippen LogP contribution in [0, 0.1) is 12.7 Å². The quantitative estimate of drug-likeness (QED) is 0.517. The van der Waals surface area contributed by atoms with Crippen LogP contribution in [0.5, 0.6) is 0 Å². The number of hydrogen-bond donors (Lipinski definition) is 2. The molecular formula is C24H31FN4O. The molecule has 6 heteroatoms. The third kappa shape index (κ3) is 6.31. The van der Waals surface area contributed by atoms with Gasteiger partial charge in [-0.2, -0.15) is 0 Å². The summed E-state index contributed by atoms with van der Waals surface area (Å²) in [5.74, 6) is 0.807. The average molecular weight is 411 g/mol. The van der Waals surface area contributed by atoms with Crippen molar-refractivity contribution in [2.24, 2.45) is 4.99 Å². The minimum Gasteiger partial charge on any atom is -0.357 e. The maximum Gasteiger partial charge on any atom is 0.222 e. The van der Waals surface area contributed by atoms with Crippen LogP contribution >= 0.6 is 0 Å². The number of hydrogen-bond acceptors (Lipinski definition) is 2. The number of likely N-dealkylation sites (tertiary alicyclic amines) is 1. The lowest BCUT2D eigenvalue weighted by atomic mass is 10.1. The molecule has 1 heterocycles. The maximum absolute atomic E-state index is 13.3. The van der Waals surface area contributed by atoms with E-state index in [1.54, 1.807) is 6.07 Å². The van der Waals surface area contributed by atoms with Crippen LogP contribution < -0.4 is 10.6 Å². The lowest BCUT2D eigenvalue weighted by Gasteiger charge is -2.16. The highest BCUT2D eigenvalue weighted by Crippen LogP contribution is 2.15. The van der Waals surface area contributed by atoms with Crippen molar-refractivity contribution in [3.63, 3.8) is 0 Å². The van der Waals surface area contributed by atoms with Crippen molar-refractivity contribution in [3.05, 3.63) is 70.5 Å². The summed E-state index contributed by atoms with van der Waals surface area (Å²) >= 11 is 0. The molecule has 3 rings (SSSR count). The molecular weight excluding hydrogens is 379 g/mol. The molecule has 30 heavy (non-hydrogen) atoms. The molecule has 2 aromatic carbocycles. The predicted octanol–water partition coefficient (Wildman–Crippen LogP) is 3.55. The van der Waals surface area contributed by atoms with E-state index in [-0.39, 0.29) is 11.7 Å². The fraction of sp³-hybridized carbons (Fsp3) is 0.417. The van der Waals surface area contributed by atoms with Crippen LogP contribution in [-0.4, -0.2) is 36.4 Å². The van der Waals surface area contributed by atoms with Crippen LogP contribution in [0.1, 0.15) is 42.0 Å². The number of rotatable bonds is 8. The van der Waals surface area contributed by atoms with Crippen LogP contribution in [0.2, 0.25) is 0 Å². The maximum atomic E-state index is 13.3. The lowest BCUT2D eigenvalue weighted by molar-refractivity contribution is -0.128. The smallest absolute Gasteiger partial charge is 0.222 e. The Morgan fingerprint density at radius 3 is 2.73 bits per heavy atom. The Morgan fingerprint density at radius 1 is 1.17 bits per heavy atom. The van der Waals surface area contributed by atoms with E-state index in [0.29, 0.717) is 19.5 Å². The summed E-state index contributed by atoms with van der Waals surface area (Å²) in [5.41, 5.74) is 4.35. The standard InChI is InChI=1S/C24H31FN4O/c1-3-26-24(27-12-11-21-9-10-22(25)14-18(21)2)28-16-19-6-4-7-20(15-19)17-29-13-5-8-23(29)30/h4,6-7,9-10,14-15H,3,5,8,11-13,16-17H2,1-2H3,(H2,26,27,28). The zero-order chi connectivity index (χ0) is 21.3. The second-order valence-corrected chi connectivity index (χ2v) is 7.68. The molecule has 1 aliphatic rings. The SMILES string of the molecule is CCNC(=NCc1cccc(CN2CCCC2=O)c1)NCCc1ccc(F)cc1C. The molecule has 2 aromatic rings. The van der Waals surface area contributed by atoms with Crippen LogP contribution in [0.25, 0.3) is 0 Å². The number of amides is 1. The Labute approximate surface area is 178 Å². The number of aliphatic imine (C=N–C) groups is 1. The van der Waals surface area contributed by atoms with Crippen LogP contribution in [-0.2, 0) is 24.3 Å². The van der Waals surface area contributed by atoms with Gasteiger partial charge in [-0.15, -0.1) is 0 Å². The van der Waals surface area contributed by atoms with Gasteiger partial charge in [-0.1, -0.05) is 30.3 Å². The lowest BCUT2D eigenvalue weighted by Crippen LogP contribution is -2.38. The Kier molecular flexibility index (Phi) is 7.82. The molecule has 0 spiro atoms. The van der Waals surface area contributed by atoms with Crippen molar-refractivity contribution in [1.82, 2.24) is 15.5 Å². The first-order chi connectivity index (χ1) is 14.5. The Hall–Kier alpha value is -2.89. The number of halogens is 1. The number of carbonyl (C=O) groups is 1. The molecule has 1 saturated heterocycles. The first-order valence-electron chi connectivity index (χ1n) is 10.7. The van der Waals surface area contributed by atoms with Gasteiger partial charge in [-0.3, -0.25) is 4.79 Å². The summed E-state index contributed by atoms with van der Waals surface area (Å²) in [6.45, 7) is 7.55. The summed E-state index contributed by atoms with van der Waals surface area (Å²) < 4.78 is 13.3. The first-order valence-corrected chi connectivity index (χ1v) is 10.7. The van der Waals surface area contributed by atoms with Crippen LogP contribution in [0.4, 0.5) is 4.39 Å². The molecule has 0 atom stereocenters. The summed E-state index contributed by atoms with van der Waals surface area (Å²) in [6, 6.07) is 13.2. The normalized spacial score (nSPS) is 14.3. The molecule has 1 amide bonds. The summed E-state index contributed by atoms with van der Waals surface area (Å²) in [5, 5.41) is 6.62. The fourth-order valence-corrected chi connectivity index (χ4v) is 3.69. The Balaban J connectivity index is 1.56. The van der Waals surface area contributed by atoms with E-state index in [4.69, 9.17) is 4.99 Å². The van der Waals surface area contributed by atoms with E-state index in [1.807, 2.05) is 30.9 Å². The number of nitrogens with one attached hydrogen (secondary N) is 2. The zero-order valence-electron chi connectivity index (χ0n) is 17.9. The minimum absolute atomic E-state index is 0.199. The van der Waals surface area contributed by atoms with Gasteiger partial charge in [0.1, 0.15) is 5.82 Å². The third-order valence-corrected chi connectivity index (χ3v) is 5.29. The summed E-state index contributed by atoms with van der Waals surface area (Å²) in [6.07, 6.45) is 2.42. The highest BCUT2D eigenvalue weighted by atomic mass is 19.1. The monoisotopic (exact) mass is 410 g/mol. The van der Waals surface area contributed by atoms with Gasteiger partial charge >= 0.3 is 0 Å². The van der Waals surface area contributed by atoms with Gasteiger partial charge in [0.25, 0.3) is 0 Å². The topological polar surface area (TPSA) is 56.7 Å². The molecule has 0 aliphatic carbocycles. The molecule has 2 N–H and O–H groups in total. The number of guanidine groups is 1. The van der Waals surface area contributed by atoms with Crippen molar-refractivity contribution in [1.29, 1.82) is 0 Å². The highest BCUT2D eigenvalue weighted by molar-refractivity contribution is 5.79. The number of aryl methyl sites for hydroxylation is 1. The fourth-order valence-electron chi connectivity index (χ4n) is 3.69. The van der Waals surface area contributed by atoms with Crippen molar-refractivity contribution >= 4 is 11.9 Å². The molecule has 160 valence electrons. The molecule has 0 bridgehead atoms. The van der Waals surface area contributed by atoms with Crippen molar-refractivity contribution in [2.75, 3.05) is 19.6 Å². The van der Waals surface area contributed by atoms with Gasteiger partial charge in [0.2, 0.25) is 5.91 Å². The van der Waals surface area contributed by atoms with E-state index >= 15 is 0 Å². The number of nitrogens with zero attached hydrogens (tertiary/aromatic N) is 2. The second kappa shape index (κ2) is 10.8. The van der Waals surface area contributed by atoms with Gasteiger partial charge in [0, 0.05) is 32.6 Å². The molecule has 0 aromatic heterocycles. The van der Waals surface area contributed by atoms with Crippen molar-refractivity contribution in [2.45, 2.75) is 46.2 Å².